The summed E-state index contributed by atoms with van der Waals surface area (Å²) in [6.07, 6.45) is -1.57. The van der Waals surface area contributed by atoms with Crippen molar-refractivity contribution < 1.29 is 22.5 Å². The molecule has 4 heterocycles. The van der Waals surface area contributed by atoms with Gasteiger partial charge in [-0.05, 0) is 25.1 Å². The van der Waals surface area contributed by atoms with E-state index in [1.165, 1.54) is 29.8 Å². The number of imidazole rings is 1. The predicted molar refractivity (Wildman–Crippen MR) is 120 cm³/mol. The van der Waals surface area contributed by atoms with E-state index in [1.807, 2.05) is 0 Å². The number of halogens is 3. The number of nitrogens with one attached hydrogen (secondary N) is 3. The minimum Gasteiger partial charge on any atom is -0.353 e. The van der Waals surface area contributed by atoms with E-state index in [1.54, 1.807) is 24.6 Å². The Morgan fingerprint density at radius 2 is 2.03 bits per heavy atom. The van der Waals surface area contributed by atoms with Crippen molar-refractivity contribution in [3.63, 3.8) is 0 Å². The Balaban J connectivity index is 1.29. The minimum atomic E-state index is -4.46. The predicted octanol–water partition coefficient (Wildman–Crippen LogP) is 4.72. The summed E-state index contributed by atoms with van der Waals surface area (Å²) in [5, 5.41) is 12.1. The molecule has 0 fully saturated rings. The Hall–Kier alpha value is -4.33. The topological polar surface area (TPSA) is 135 Å². The number of hydrogen-bond acceptors (Lipinski definition) is 9. The highest BCUT2D eigenvalue weighted by Crippen LogP contribution is 2.32. The smallest absolute Gasteiger partial charge is 0.353 e. The lowest BCUT2D eigenvalue weighted by molar-refractivity contribution is -0.137. The van der Waals surface area contributed by atoms with Crippen molar-refractivity contribution >= 4 is 39.2 Å². The molecule has 4 aromatic heterocycles. The third kappa shape index (κ3) is 4.82. The molecule has 0 spiro atoms. The molecule has 5 rings (SSSR count). The standard InChI is InChI=1S/C21H15F3N8O2S/c1-10(28-19(33)15-8-17(27-9-26-15)31-20-25-4-5-35-20)13-7-16(34-32-13)18-29-12-3-2-11(21(22,23)24)6-14(12)30-18/h2-10H,1H3,(H,28,33)(H,29,30)(H,25,26,27,31). The molecule has 14 heteroatoms. The van der Waals surface area contributed by atoms with Crippen LogP contribution in [0.3, 0.4) is 0 Å². The van der Waals surface area contributed by atoms with E-state index < -0.39 is 23.7 Å². The summed E-state index contributed by atoms with van der Waals surface area (Å²) >= 11 is 1.38. The fourth-order valence-corrected chi connectivity index (χ4v) is 3.73. The van der Waals surface area contributed by atoms with Crippen LogP contribution in [0, 0.1) is 0 Å². The largest absolute Gasteiger partial charge is 0.416 e. The maximum atomic E-state index is 13.0. The molecule has 0 aliphatic carbocycles. The Labute approximate surface area is 198 Å². The van der Waals surface area contributed by atoms with E-state index in [9.17, 15) is 18.0 Å². The fraction of sp³-hybridized carbons (Fsp3) is 0.143. The molecule has 5 aromatic rings. The molecule has 1 unspecified atom stereocenters. The summed E-state index contributed by atoms with van der Waals surface area (Å²) in [7, 11) is 0. The number of nitrogens with zero attached hydrogens (tertiary/aromatic N) is 5. The van der Waals surface area contributed by atoms with E-state index in [0.717, 1.165) is 12.1 Å². The lowest BCUT2D eigenvalue weighted by atomic mass is 10.2. The molecule has 0 aliphatic heterocycles. The van der Waals surface area contributed by atoms with Crippen LogP contribution in [0.15, 0.2) is 52.8 Å². The quantitative estimate of drug-likeness (QED) is 0.305. The average molecular weight is 500 g/mol. The van der Waals surface area contributed by atoms with Crippen LogP contribution in [0.1, 0.15) is 34.7 Å². The summed E-state index contributed by atoms with van der Waals surface area (Å²) < 4.78 is 44.2. The fourth-order valence-electron chi connectivity index (χ4n) is 3.20. The summed E-state index contributed by atoms with van der Waals surface area (Å²) in [5.41, 5.74) is 0.287. The first kappa shape index (κ1) is 22.5. The summed E-state index contributed by atoms with van der Waals surface area (Å²) in [6.45, 7) is 1.70. The van der Waals surface area contributed by atoms with Gasteiger partial charge in [-0.3, -0.25) is 4.79 Å². The Kier molecular flexibility index (Phi) is 5.64. The summed E-state index contributed by atoms with van der Waals surface area (Å²) in [6, 6.07) is 5.68. The molecule has 10 nitrogen and oxygen atoms in total. The second kappa shape index (κ2) is 8.79. The molecule has 3 N–H and O–H groups in total. The van der Waals surface area contributed by atoms with Crippen LogP contribution in [0.4, 0.5) is 24.1 Å². The SMILES string of the molecule is CC(NC(=O)c1cc(Nc2nccs2)ncn1)c1cc(-c2nc3ccc(C(F)(F)F)cc3[nH]2)on1. The third-order valence-electron chi connectivity index (χ3n) is 4.93. The van der Waals surface area contributed by atoms with Crippen LogP contribution in [0.25, 0.3) is 22.6 Å². The van der Waals surface area contributed by atoms with Crippen molar-refractivity contribution in [1.82, 2.24) is 35.4 Å². The van der Waals surface area contributed by atoms with Crippen molar-refractivity contribution in [3.05, 3.63) is 65.2 Å². The zero-order valence-electron chi connectivity index (χ0n) is 17.8. The average Bonchev–Trinajstić information content (AvgIpc) is 3.58. The van der Waals surface area contributed by atoms with E-state index in [-0.39, 0.29) is 22.8 Å². The number of hydrogen-bond donors (Lipinski definition) is 3. The van der Waals surface area contributed by atoms with Gasteiger partial charge in [0.2, 0.25) is 5.76 Å². The Morgan fingerprint density at radius 3 is 2.80 bits per heavy atom. The summed E-state index contributed by atoms with van der Waals surface area (Å²) in [5.74, 6) is 0.373. The van der Waals surface area contributed by atoms with E-state index in [4.69, 9.17) is 4.52 Å². The minimum absolute atomic E-state index is 0.132. The second-order valence-corrected chi connectivity index (χ2v) is 8.27. The van der Waals surface area contributed by atoms with Crippen LogP contribution < -0.4 is 10.6 Å². The van der Waals surface area contributed by atoms with Crippen LogP contribution >= 0.6 is 11.3 Å². The highest BCUT2D eigenvalue weighted by molar-refractivity contribution is 7.13. The molecule has 0 aliphatic rings. The molecule has 0 saturated heterocycles. The maximum Gasteiger partial charge on any atom is 0.416 e. The number of anilines is 2. The number of carbonyl (C=O) groups excluding carboxylic acids is 1. The van der Waals surface area contributed by atoms with Crippen molar-refractivity contribution in [3.8, 4) is 11.6 Å². The van der Waals surface area contributed by atoms with Gasteiger partial charge in [0.1, 0.15) is 23.5 Å². The highest BCUT2D eigenvalue weighted by Gasteiger charge is 2.31. The molecule has 178 valence electrons. The lowest BCUT2D eigenvalue weighted by Crippen LogP contribution is -2.27. The van der Waals surface area contributed by atoms with Crippen molar-refractivity contribution in [1.29, 1.82) is 0 Å². The molecule has 35 heavy (non-hydrogen) atoms. The van der Waals surface area contributed by atoms with Gasteiger partial charge in [-0.2, -0.15) is 13.2 Å². The van der Waals surface area contributed by atoms with Crippen molar-refractivity contribution in [2.45, 2.75) is 19.1 Å². The van der Waals surface area contributed by atoms with Crippen molar-refractivity contribution in [2.75, 3.05) is 5.32 Å². The monoisotopic (exact) mass is 500 g/mol. The van der Waals surface area contributed by atoms with Gasteiger partial charge in [0.25, 0.3) is 5.91 Å². The number of aromatic nitrogens is 6. The molecule has 0 bridgehead atoms. The van der Waals surface area contributed by atoms with Crippen molar-refractivity contribution in [2.24, 2.45) is 0 Å². The van der Waals surface area contributed by atoms with Gasteiger partial charge in [0, 0.05) is 23.7 Å². The van der Waals surface area contributed by atoms with Gasteiger partial charge < -0.3 is 20.1 Å². The van der Waals surface area contributed by atoms with Crippen LogP contribution in [-0.2, 0) is 6.18 Å². The van der Waals surface area contributed by atoms with Gasteiger partial charge >= 0.3 is 6.18 Å². The number of aromatic amines is 1. The van der Waals surface area contributed by atoms with Gasteiger partial charge in [-0.15, -0.1) is 11.3 Å². The van der Waals surface area contributed by atoms with Crippen LogP contribution in [0.2, 0.25) is 0 Å². The summed E-state index contributed by atoms with van der Waals surface area (Å²) in [4.78, 5) is 31.9. The number of thiazole rings is 1. The van der Waals surface area contributed by atoms with Gasteiger partial charge in [0.15, 0.2) is 11.0 Å². The van der Waals surface area contributed by atoms with Gasteiger partial charge in [-0.25, -0.2) is 19.9 Å². The zero-order chi connectivity index (χ0) is 24.6. The number of fused-ring (bicyclic) bond motifs is 1. The number of benzene rings is 1. The second-order valence-electron chi connectivity index (χ2n) is 7.38. The van der Waals surface area contributed by atoms with Crippen LogP contribution in [0.5, 0.6) is 0 Å². The zero-order valence-corrected chi connectivity index (χ0v) is 18.6. The molecule has 0 saturated carbocycles. The van der Waals surface area contributed by atoms with Gasteiger partial charge in [0.05, 0.1) is 22.6 Å². The molecule has 0 radical (unpaired) electrons. The maximum absolute atomic E-state index is 13.0. The van der Waals surface area contributed by atoms with E-state index in [0.29, 0.717) is 22.2 Å². The third-order valence-corrected chi connectivity index (χ3v) is 5.62. The normalized spacial score (nSPS) is 12.6. The first-order chi connectivity index (χ1) is 16.8. The van der Waals surface area contributed by atoms with Crippen LogP contribution in [-0.4, -0.2) is 36.0 Å². The molecule has 1 amide bonds. The Morgan fingerprint density at radius 1 is 1.17 bits per heavy atom. The lowest BCUT2D eigenvalue weighted by Gasteiger charge is -2.10. The van der Waals surface area contributed by atoms with Gasteiger partial charge in [-0.1, -0.05) is 5.16 Å². The first-order valence-corrected chi connectivity index (χ1v) is 11.0. The Bertz CT molecular complexity index is 1500. The molecule has 1 aromatic carbocycles. The number of H-pyrrole nitrogens is 1. The number of carbonyl (C=O) groups is 1. The number of amides is 1. The van der Waals surface area contributed by atoms with E-state index in [2.05, 4.69) is 40.7 Å². The number of rotatable bonds is 6. The molecular formula is C21H15F3N8O2S. The van der Waals surface area contributed by atoms with E-state index >= 15 is 0 Å². The molecular weight excluding hydrogens is 485 g/mol. The highest BCUT2D eigenvalue weighted by atomic mass is 32.1. The first-order valence-electron chi connectivity index (χ1n) is 10.1. The molecule has 1 atom stereocenters. The number of alkyl halides is 3.